The molecule has 0 bridgehead atoms. The third kappa shape index (κ3) is 6.09. The number of H-pyrrole nitrogens is 1. The Bertz CT molecular complexity index is 1120. The monoisotopic (exact) mass is 473 g/mol. The van der Waals surface area contributed by atoms with Gasteiger partial charge in [-0.25, -0.2) is 9.97 Å². The van der Waals surface area contributed by atoms with Crippen LogP contribution in [0.15, 0.2) is 36.8 Å². The molecule has 5 rings (SSSR count). The fourth-order valence-corrected chi connectivity index (χ4v) is 4.81. The summed E-state index contributed by atoms with van der Waals surface area (Å²) in [5, 5.41) is 4.79. The van der Waals surface area contributed by atoms with Gasteiger partial charge in [0, 0.05) is 55.7 Å². The first-order valence-electron chi connectivity index (χ1n) is 12.6. The van der Waals surface area contributed by atoms with E-state index in [1.54, 1.807) is 12.4 Å². The van der Waals surface area contributed by atoms with Crippen LogP contribution in [-0.4, -0.2) is 67.7 Å². The van der Waals surface area contributed by atoms with Crippen molar-refractivity contribution in [3.8, 4) is 0 Å². The molecule has 35 heavy (non-hydrogen) atoms. The lowest BCUT2D eigenvalue weighted by molar-refractivity contribution is -0.155. The molecule has 0 amide bonds. The summed E-state index contributed by atoms with van der Waals surface area (Å²) < 4.78 is 11.1. The molecule has 8 nitrogen and oxygen atoms in total. The summed E-state index contributed by atoms with van der Waals surface area (Å²) in [4.78, 5) is 26.8. The zero-order chi connectivity index (χ0) is 24.0. The maximum absolute atomic E-state index is 12.4. The summed E-state index contributed by atoms with van der Waals surface area (Å²) in [5.74, 6) is 1.18. The van der Waals surface area contributed by atoms with Gasteiger partial charge in [-0.2, -0.15) is 0 Å². The molecule has 2 N–H and O–H groups in total. The van der Waals surface area contributed by atoms with Crippen molar-refractivity contribution in [1.82, 2.24) is 20.3 Å². The number of ketones is 1. The van der Waals surface area contributed by atoms with Crippen molar-refractivity contribution in [3.05, 3.63) is 47.9 Å². The van der Waals surface area contributed by atoms with E-state index in [0.29, 0.717) is 24.0 Å². The summed E-state index contributed by atoms with van der Waals surface area (Å²) in [6, 6.07) is 5.97. The Kier molecular flexibility index (Phi) is 7.76. The summed E-state index contributed by atoms with van der Waals surface area (Å²) in [6.45, 7) is 4.30. The maximum atomic E-state index is 12.4. The van der Waals surface area contributed by atoms with Crippen molar-refractivity contribution in [2.45, 2.75) is 44.9 Å². The predicted molar refractivity (Wildman–Crippen MR) is 136 cm³/mol. The Morgan fingerprint density at radius 2 is 2.03 bits per heavy atom. The molecule has 2 aliphatic heterocycles. The van der Waals surface area contributed by atoms with Crippen LogP contribution in [0.2, 0.25) is 0 Å². The molecule has 0 aliphatic carbocycles. The third-order valence-corrected chi connectivity index (χ3v) is 6.94. The van der Waals surface area contributed by atoms with E-state index in [4.69, 9.17) is 17.3 Å². The van der Waals surface area contributed by atoms with Crippen LogP contribution < -0.4 is 15.7 Å². The number of nitrogens with one attached hydrogen (secondary N) is 2. The molecule has 1 atom stereocenters. The first-order chi connectivity index (χ1) is 17.2. The molecule has 1 aromatic carbocycles. The van der Waals surface area contributed by atoms with Crippen LogP contribution in [-0.2, 0) is 16.0 Å². The smallest absolute Gasteiger partial charge is 0.225 e. The molecule has 1 unspecified atom stereocenters. The van der Waals surface area contributed by atoms with E-state index in [1.807, 2.05) is 18.2 Å². The van der Waals surface area contributed by atoms with Gasteiger partial charge in [-0.3, -0.25) is 4.79 Å². The topological polar surface area (TPSA) is 92.4 Å². The molecule has 182 valence electrons. The van der Waals surface area contributed by atoms with Crippen LogP contribution in [0.3, 0.4) is 0 Å². The van der Waals surface area contributed by atoms with E-state index in [-0.39, 0.29) is 18.7 Å². The number of benzene rings is 1. The molecule has 2 aromatic heterocycles. The van der Waals surface area contributed by atoms with Crippen LogP contribution >= 0.6 is 0 Å². The van der Waals surface area contributed by atoms with Crippen molar-refractivity contribution in [1.29, 1.82) is 0 Å². The van der Waals surface area contributed by atoms with Crippen LogP contribution in [0.4, 0.5) is 5.95 Å². The highest BCUT2D eigenvalue weighted by atomic mass is 16.7. The van der Waals surface area contributed by atoms with Gasteiger partial charge in [-0.1, -0.05) is 17.6 Å². The molecule has 2 saturated heterocycles. The highest BCUT2D eigenvalue weighted by Gasteiger charge is 2.22. The summed E-state index contributed by atoms with van der Waals surface area (Å²) in [5.41, 5.74) is 3.61. The number of carbonyl (C=O) groups is 1. The van der Waals surface area contributed by atoms with Crippen molar-refractivity contribution in [3.63, 3.8) is 0 Å². The van der Waals surface area contributed by atoms with E-state index < -0.39 is 0 Å². The SMILES string of the molecule is [B]c1ccc2[nH]cc(CNCC3CCN(c4ncc(C(=O)COC5CCCCO5)cn4)CC3)c2c1. The second-order valence-electron chi connectivity index (χ2n) is 9.48. The van der Waals surface area contributed by atoms with Crippen LogP contribution in [0, 0.1) is 5.92 Å². The van der Waals surface area contributed by atoms with Crippen LogP contribution in [0.5, 0.6) is 0 Å². The first kappa shape index (κ1) is 24.0. The van der Waals surface area contributed by atoms with E-state index in [0.717, 1.165) is 69.3 Å². The molecular formula is C26H32BN5O3. The average Bonchev–Trinajstić information content (AvgIpc) is 3.30. The zero-order valence-electron chi connectivity index (χ0n) is 20.0. The lowest BCUT2D eigenvalue weighted by atomic mass is 9.94. The standard InChI is InChI=1S/C26H32BN5O3/c27-21-4-5-23-22(11-21)19(14-29-23)13-28-12-18-6-8-32(9-7-18)26-30-15-20(16-31-26)24(33)17-35-25-3-1-2-10-34-25/h4-5,11,14-16,18,25,28-29H,1-3,6-10,12-13,17H2. The second-order valence-corrected chi connectivity index (χ2v) is 9.48. The minimum Gasteiger partial charge on any atom is -0.361 e. The number of nitrogens with zero attached hydrogens (tertiary/aromatic N) is 3. The molecule has 3 aromatic rings. The summed E-state index contributed by atoms with van der Waals surface area (Å²) >= 11 is 0. The lowest BCUT2D eigenvalue weighted by Gasteiger charge is -2.32. The van der Waals surface area contributed by atoms with Gasteiger partial charge in [0.25, 0.3) is 0 Å². The fourth-order valence-electron chi connectivity index (χ4n) is 4.81. The molecule has 0 saturated carbocycles. The largest absolute Gasteiger partial charge is 0.361 e. The van der Waals surface area contributed by atoms with Gasteiger partial charge in [0.05, 0.1) is 5.56 Å². The van der Waals surface area contributed by atoms with Gasteiger partial charge in [-0.05, 0) is 56.2 Å². The van der Waals surface area contributed by atoms with Gasteiger partial charge < -0.3 is 24.7 Å². The Hall–Kier alpha value is -2.75. The van der Waals surface area contributed by atoms with Gasteiger partial charge in [0.15, 0.2) is 12.1 Å². The van der Waals surface area contributed by atoms with Gasteiger partial charge in [0.1, 0.15) is 14.5 Å². The van der Waals surface area contributed by atoms with E-state index in [2.05, 4.69) is 31.4 Å². The second kappa shape index (κ2) is 11.3. The van der Waals surface area contributed by atoms with E-state index in [9.17, 15) is 4.79 Å². The Labute approximate surface area is 207 Å². The van der Waals surface area contributed by atoms with Gasteiger partial charge in [0.2, 0.25) is 5.95 Å². The minimum absolute atomic E-state index is 0.00228. The first-order valence-corrected chi connectivity index (χ1v) is 12.6. The molecular weight excluding hydrogens is 441 g/mol. The Morgan fingerprint density at radius 3 is 2.80 bits per heavy atom. The average molecular weight is 473 g/mol. The number of aromatic nitrogens is 3. The van der Waals surface area contributed by atoms with Crippen molar-refractivity contribution >= 4 is 35.9 Å². The number of ether oxygens (including phenoxy) is 2. The normalized spacial score (nSPS) is 19.3. The quantitative estimate of drug-likeness (QED) is 0.365. The number of hydrogen-bond donors (Lipinski definition) is 2. The highest BCUT2D eigenvalue weighted by molar-refractivity contribution is 6.33. The minimum atomic E-state index is -0.273. The van der Waals surface area contributed by atoms with E-state index in [1.165, 1.54) is 10.9 Å². The number of fused-ring (bicyclic) bond motifs is 1. The maximum Gasteiger partial charge on any atom is 0.225 e. The number of piperidine rings is 1. The molecule has 9 heteroatoms. The lowest BCUT2D eigenvalue weighted by Crippen LogP contribution is -2.38. The number of rotatable bonds is 9. The number of carbonyl (C=O) groups excluding carboxylic acids is 1. The Balaban J connectivity index is 1.05. The van der Waals surface area contributed by atoms with Crippen LogP contribution in [0.25, 0.3) is 10.9 Å². The molecule has 2 radical (unpaired) electrons. The summed E-state index contributed by atoms with van der Waals surface area (Å²) in [6.07, 6.45) is 10.1. The van der Waals surface area contributed by atoms with Crippen molar-refractivity contribution in [2.24, 2.45) is 5.92 Å². The Morgan fingerprint density at radius 1 is 1.20 bits per heavy atom. The molecule has 2 aliphatic rings. The van der Waals surface area contributed by atoms with Crippen LogP contribution in [0.1, 0.15) is 48.0 Å². The number of anilines is 1. The molecule has 2 fully saturated rings. The third-order valence-electron chi connectivity index (χ3n) is 6.94. The van der Waals surface area contributed by atoms with Crippen molar-refractivity contribution in [2.75, 3.05) is 37.7 Å². The molecule has 0 spiro atoms. The fraction of sp³-hybridized carbons (Fsp3) is 0.500. The number of Topliss-reactive ketones (excluding diaryl/α,β-unsaturated/α-hetero) is 1. The van der Waals surface area contributed by atoms with Gasteiger partial charge in [-0.15, -0.1) is 0 Å². The predicted octanol–water partition coefficient (Wildman–Crippen LogP) is 2.48. The van der Waals surface area contributed by atoms with E-state index >= 15 is 0 Å². The number of hydrogen-bond acceptors (Lipinski definition) is 7. The van der Waals surface area contributed by atoms with Gasteiger partial charge >= 0.3 is 0 Å². The summed E-state index contributed by atoms with van der Waals surface area (Å²) in [7, 11) is 5.95. The molecule has 4 heterocycles. The zero-order valence-corrected chi connectivity index (χ0v) is 20.0. The number of aromatic amines is 1. The highest BCUT2D eigenvalue weighted by Crippen LogP contribution is 2.21. The van der Waals surface area contributed by atoms with Crippen molar-refractivity contribution < 1.29 is 14.3 Å².